The number of hydrogen-bond donors (Lipinski definition) is 1. The van der Waals surface area contributed by atoms with Crippen LogP contribution in [0.15, 0.2) is 41.3 Å². The van der Waals surface area contributed by atoms with E-state index in [-0.39, 0.29) is 11.3 Å². The molecular formula is C15H11NO4S. The number of nitrogens with zero attached hydrogens (tertiary/aromatic N) is 1. The van der Waals surface area contributed by atoms with E-state index in [0.29, 0.717) is 0 Å². The van der Waals surface area contributed by atoms with Gasteiger partial charge < -0.3 is 9.84 Å². The Labute approximate surface area is 124 Å². The van der Waals surface area contributed by atoms with Gasteiger partial charge in [0, 0.05) is 4.90 Å². The summed E-state index contributed by atoms with van der Waals surface area (Å²) >= 11 is 1.59. The maximum atomic E-state index is 12.9. The van der Waals surface area contributed by atoms with E-state index in [1.807, 2.05) is 30.3 Å². The molecule has 21 heavy (non-hydrogen) atoms. The second kappa shape index (κ2) is 3.51. The lowest BCUT2D eigenvalue weighted by molar-refractivity contribution is -0.146. The van der Waals surface area contributed by atoms with Crippen molar-refractivity contribution >= 4 is 29.3 Å². The molecule has 1 amide bonds. The SMILES string of the molecule is O=C(O)[C@H]1[C@@H]2C=C[C@@]3(O2)[C@H]1C(=O)N1c2ccccc2S[C@@H]13. The first-order chi connectivity index (χ1) is 10.1. The minimum absolute atomic E-state index is 0.128. The molecule has 4 aliphatic rings. The van der Waals surface area contributed by atoms with Gasteiger partial charge in [0.2, 0.25) is 5.91 Å². The van der Waals surface area contributed by atoms with E-state index in [1.54, 1.807) is 22.7 Å². The van der Waals surface area contributed by atoms with E-state index in [4.69, 9.17) is 4.74 Å². The Balaban J connectivity index is 1.69. The first-order valence-corrected chi connectivity index (χ1v) is 7.70. The molecule has 5 atom stereocenters. The zero-order chi connectivity index (χ0) is 14.4. The highest BCUT2D eigenvalue weighted by molar-refractivity contribution is 8.00. The molecule has 2 fully saturated rings. The van der Waals surface area contributed by atoms with Crippen LogP contribution in [-0.2, 0) is 14.3 Å². The van der Waals surface area contributed by atoms with Crippen molar-refractivity contribution in [3.8, 4) is 0 Å². The van der Waals surface area contributed by atoms with Gasteiger partial charge in [0.15, 0.2) is 0 Å². The third-order valence-electron chi connectivity index (χ3n) is 4.86. The summed E-state index contributed by atoms with van der Waals surface area (Å²) in [5, 5.41) is 9.27. The van der Waals surface area contributed by atoms with Gasteiger partial charge in [-0.05, 0) is 12.1 Å². The first-order valence-electron chi connectivity index (χ1n) is 6.82. The van der Waals surface area contributed by atoms with Crippen LogP contribution in [0, 0.1) is 11.8 Å². The second-order valence-corrected chi connectivity index (χ2v) is 6.91. The predicted molar refractivity (Wildman–Crippen MR) is 74.9 cm³/mol. The van der Waals surface area contributed by atoms with Crippen LogP contribution < -0.4 is 4.90 Å². The van der Waals surface area contributed by atoms with Crippen LogP contribution in [0.25, 0.3) is 0 Å². The molecule has 5 nitrogen and oxygen atoms in total. The molecule has 1 N–H and O–H groups in total. The van der Waals surface area contributed by atoms with E-state index in [1.165, 1.54) is 0 Å². The van der Waals surface area contributed by atoms with Crippen molar-refractivity contribution in [2.75, 3.05) is 4.90 Å². The van der Waals surface area contributed by atoms with Crippen molar-refractivity contribution in [3.05, 3.63) is 36.4 Å². The van der Waals surface area contributed by atoms with Crippen LogP contribution in [0.5, 0.6) is 0 Å². The van der Waals surface area contributed by atoms with Crippen molar-refractivity contribution in [1.29, 1.82) is 0 Å². The fourth-order valence-electron chi connectivity index (χ4n) is 4.06. The number of carbonyl (C=O) groups is 2. The second-order valence-electron chi connectivity index (χ2n) is 5.78. The van der Waals surface area contributed by atoms with E-state index in [2.05, 4.69) is 0 Å². The lowest BCUT2D eigenvalue weighted by atomic mass is 9.77. The molecule has 1 spiro atoms. The Morgan fingerprint density at radius 2 is 2.19 bits per heavy atom. The van der Waals surface area contributed by atoms with E-state index < -0.39 is 29.5 Å². The molecular weight excluding hydrogens is 290 g/mol. The normalized spacial score (nSPS) is 41.3. The molecule has 6 heteroatoms. The van der Waals surface area contributed by atoms with Crippen LogP contribution in [0.2, 0.25) is 0 Å². The number of benzene rings is 1. The van der Waals surface area contributed by atoms with Crippen molar-refractivity contribution in [3.63, 3.8) is 0 Å². The van der Waals surface area contributed by atoms with Crippen molar-refractivity contribution in [1.82, 2.24) is 0 Å². The van der Waals surface area contributed by atoms with Gasteiger partial charge in [0.05, 0.1) is 17.7 Å². The lowest BCUT2D eigenvalue weighted by Gasteiger charge is -2.27. The van der Waals surface area contributed by atoms with Crippen LogP contribution in [-0.4, -0.2) is 34.1 Å². The summed E-state index contributed by atoms with van der Waals surface area (Å²) in [6, 6.07) is 7.72. The molecule has 4 aliphatic heterocycles. The van der Waals surface area contributed by atoms with Gasteiger partial charge in [-0.25, -0.2) is 0 Å². The fraction of sp³-hybridized carbons (Fsp3) is 0.333. The smallest absolute Gasteiger partial charge is 0.310 e. The van der Waals surface area contributed by atoms with Gasteiger partial charge in [0.25, 0.3) is 0 Å². The fourth-order valence-corrected chi connectivity index (χ4v) is 5.53. The largest absolute Gasteiger partial charge is 0.481 e. The molecule has 0 aliphatic carbocycles. The standard InChI is InChI=1S/C15H11NO4S/c17-12-11-10(13(18)19)8-5-6-15(11,20-8)14-16(12)7-3-1-2-4-9(7)21-14/h1-6,8,10-11,14H,(H,18,19)/t8-,10-,11+,14+,15+/m0/s1. The Bertz CT molecular complexity index is 732. The van der Waals surface area contributed by atoms with Gasteiger partial charge >= 0.3 is 5.97 Å². The van der Waals surface area contributed by atoms with Gasteiger partial charge in [-0.15, -0.1) is 0 Å². The molecule has 0 radical (unpaired) electrons. The number of carboxylic acids is 1. The van der Waals surface area contributed by atoms with Crippen LogP contribution in [0.4, 0.5) is 5.69 Å². The van der Waals surface area contributed by atoms with Gasteiger partial charge in [-0.2, -0.15) is 0 Å². The molecule has 0 unspecified atom stereocenters. The topological polar surface area (TPSA) is 66.8 Å². The number of rotatable bonds is 1. The lowest BCUT2D eigenvalue weighted by Crippen LogP contribution is -2.41. The summed E-state index contributed by atoms with van der Waals surface area (Å²) in [7, 11) is 0. The number of amides is 1. The minimum atomic E-state index is -0.955. The van der Waals surface area contributed by atoms with Crippen LogP contribution in [0.1, 0.15) is 0 Å². The summed E-state index contributed by atoms with van der Waals surface area (Å²) in [5.74, 6) is -2.47. The minimum Gasteiger partial charge on any atom is -0.481 e. The number of carbonyl (C=O) groups excluding carboxylic acids is 1. The summed E-state index contributed by atoms with van der Waals surface area (Å²) in [5.41, 5.74) is 0.0694. The summed E-state index contributed by atoms with van der Waals surface area (Å²) in [4.78, 5) is 27.2. The van der Waals surface area contributed by atoms with E-state index >= 15 is 0 Å². The molecule has 1 aromatic carbocycles. The van der Waals surface area contributed by atoms with Crippen LogP contribution >= 0.6 is 11.8 Å². The quantitative estimate of drug-likeness (QED) is 0.796. The predicted octanol–water partition coefficient (Wildman–Crippen LogP) is 1.49. The van der Waals surface area contributed by atoms with E-state index in [9.17, 15) is 14.7 Å². The highest BCUT2D eigenvalue weighted by atomic mass is 32.2. The zero-order valence-corrected chi connectivity index (χ0v) is 11.6. The molecule has 0 saturated carbocycles. The molecule has 0 aromatic heterocycles. The number of anilines is 1. The monoisotopic (exact) mass is 301 g/mol. The molecule has 5 rings (SSSR count). The number of para-hydroxylation sites is 1. The van der Waals surface area contributed by atoms with E-state index in [0.717, 1.165) is 10.6 Å². The van der Waals surface area contributed by atoms with Crippen molar-refractivity contribution in [2.45, 2.75) is 22.0 Å². The first kappa shape index (κ1) is 11.8. The molecule has 2 bridgehead atoms. The Hall–Kier alpha value is -1.79. The highest BCUT2D eigenvalue weighted by Gasteiger charge is 2.73. The van der Waals surface area contributed by atoms with Gasteiger partial charge in [-0.3, -0.25) is 14.5 Å². The number of ether oxygens (including phenoxy) is 1. The third-order valence-corrected chi connectivity index (χ3v) is 6.26. The molecule has 106 valence electrons. The average molecular weight is 301 g/mol. The maximum absolute atomic E-state index is 12.9. The average Bonchev–Trinajstić information content (AvgIpc) is 3.18. The zero-order valence-electron chi connectivity index (χ0n) is 10.8. The van der Waals surface area contributed by atoms with Gasteiger partial charge in [-0.1, -0.05) is 36.0 Å². The third kappa shape index (κ3) is 1.16. The van der Waals surface area contributed by atoms with Crippen LogP contribution in [0.3, 0.4) is 0 Å². The van der Waals surface area contributed by atoms with Gasteiger partial charge in [0.1, 0.15) is 16.9 Å². The Morgan fingerprint density at radius 1 is 1.38 bits per heavy atom. The van der Waals surface area contributed by atoms with Crippen molar-refractivity contribution in [2.24, 2.45) is 11.8 Å². The molecule has 4 heterocycles. The Kier molecular flexibility index (Phi) is 1.98. The Morgan fingerprint density at radius 3 is 3.00 bits per heavy atom. The number of aliphatic carboxylic acids is 1. The number of hydrogen-bond acceptors (Lipinski definition) is 4. The summed E-state index contributed by atoms with van der Waals surface area (Å²) < 4.78 is 6.00. The molecule has 1 aromatic rings. The summed E-state index contributed by atoms with van der Waals surface area (Å²) in [6.07, 6.45) is 3.22. The molecule has 2 saturated heterocycles. The summed E-state index contributed by atoms with van der Waals surface area (Å²) in [6.45, 7) is 0. The highest BCUT2D eigenvalue weighted by Crippen LogP contribution is 2.62. The number of fused-ring (bicyclic) bond motifs is 4. The maximum Gasteiger partial charge on any atom is 0.310 e. The number of carboxylic acid groups (broad SMARTS) is 1. The number of thioether (sulfide) groups is 1. The van der Waals surface area contributed by atoms with Crippen molar-refractivity contribution < 1.29 is 19.4 Å².